The van der Waals surface area contributed by atoms with Crippen LogP contribution in [0.1, 0.15) is 34.6 Å². The van der Waals surface area contributed by atoms with Crippen molar-refractivity contribution in [2.75, 3.05) is 17.7 Å². The monoisotopic (exact) mass is 562 g/mol. The van der Waals surface area contributed by atoms with Gasteiger partial charge in [0.2, 0.25) is 0 Å². The van der Waals surface area contributed by atoms with Crippen LogP contribution < -0.4 is 10.6 Å². The van der Waals surface area contributed by atoms with Crippen molar-refractivity contribution in [3.05, 3.63) is 75.1 Å². The predicted octanol–water partition coefficient (Wildman–Crippen LogP) is 6.18. The van der Waals surface area contributed by atoms with Gasteiger partial charge in [-0.1, -0.05) is 34.1 Å². The van der Waals surface area contributed by atoms with E-state index in [0.717, 1.165) is 16.1 Å². The summed E-state index contributed by atoms with van der Waals surface area (Å²) >= 11 is 3.43. The Hall–Kier alpha value is -3.44. The lowest BCUT2D eigenvalue weighted by atomic mass is 9.96. The van der Waals surface area contributed by atoms with E-state index in [1.54, 1.807) is 12.1 Å². The Morgan fingerprint density at radius 1 is 1.14 bits per heavy atom. The number of carbonyl (C=O) groups excluding carboxylic acids is 2. The maximum absolute atomic E-state index is 13.4. The molecular weight excluding hydrogens is 541 g/mol. The highest BCUT2D eigenvalue weighted by Crippen LogP contribution is 2.35. The number of nitrogens with one attached hydrogen (secondary N) is 3. The van der Waals surface area contributed by atoms with Gasteiger partial charge in [-0.2, -0.15) is 13.2 Å². The minimum Gasteiger partial charge on any atom is -0.377 e. The molecule has 0 atom stereocenters. The van der Waals surface area contributed by atoms with Crippen LogP contribution in [0.25, 0.3) is 11.0 Å². The van der Waals surface area contributed by atoms with E-state index in [1.807, 2.05) is 13.0 Å². The summed E-state index contributed by atoms with van der Waals surface area (Å²) in [7, 11) is 1.49. The lowest BCUT2D eigenvalue weighted by Gasteiger charge is -2.18. The topological polar surface area (TPSA) is 96.1 Å². The molecule has 4 rings (SSSR count). The number of anilines is 2. The summed E-state index contributed by atoms with van der Waals surface area (Å²) in [5.41, 5.74) is 0.974. The van der Waals surface area contributed by atoms with Crippen molar-refractivity contribution in [3.63, 3.8) is 0 Å². The molecule has 36 heavy (non-hydrogen) atoms. The van der Waals surface area contributed by atoms with Crippen LogP contribution in [0.15, 0.2) is 58.1 Å². The molecule has 0 radical (unpaired) electrons. The summed E-state index contributed by atoms with van der Waals surface area (Å²) in [5.74, 6) is -0.968. The van der Waals surface area contributed by atoms with Gasteiger partial charge in [0.05, 0.1) is 16.7 Å². The number of aromatic amines is 1. The molecule has 1 aromatic heterocycles. The molecule has 3 N–H and O–H groups in total. The summed E-state index contributed by atoms with van der Waals surface area (Å²) in [6.45, 7) is 1.98. The van der Waals surface area contributed by atoms with Gasteiger partial charge >= 0.3 is 6.18 Å². The number of allylic oxidation sites excluding steroid dienone is 2. The van der Waals surface area contributed by atoms with Gasteiger partial charge < -0.3 is 20.4 Å². The Labute approximate surface area is 212 Å². The number of rotatable bonds is 6. The number of benzene rings is 2. The Bertz CT molecular complexity index is 1410. The number of methoxy groups -OCH3 is 1. The highest BCUT2D eigenvalue weighted by Gasteiger charge is 2.38. The summed E-state index contributed by atoms with van der Waals surface area (Å²) in [5, 5.41) is 5.35. The molecule has 1 aliphatic rings. The second-order valence-corrected chi connectivity index (χ2v) is 9.02. The Morgan fingerprint density at radius 2 is 1.89 bits per heavy atom. The number of H-pyrrole nitrogens is 1. The van der Waals surface area contributed by atoms with E-state index >= 15 is 0 Å². The van der Waals surface area contributed by atoms with Crippen molar-refractivity contribution in [2.45, 2.75) is 32.5 Å². The molecule has 0 saturated heterocycles. The van der Waals surface area contributed by atoms with Gasteiger partial charge in [0.25, 0.3) is 11.8 Å². The van der Waals surface area contributed by atoms with Crippen LogP contribution in [0.5, 0.6) is 0 Å². The third-order valence-corrected chi connectivity index (χ3v) is 6.50. The molecule has 3 aromatic rings. The predicted molar refractivity (Wildman–Crippen MR) is 134 cm³/mol. The lowest BCUT2D eigenvalue weighted by Crippen LogP contribution is -2.24. The quantitative estimate of drug-likeness (QED) is 0.334. The number of alkyl halides is 3. The fourth-order valence-electron chi connectivity index (χ4n) is 3.91. The van der Waals surface area contributed by atoms with Crippen molar-refractivity contribution in [2.24, 2.45) is 0 Å². The van der Waals surface area contributed by atoms with Crippen LogP contribution in [-0.4, -0.2) is 35.1 Å². The molecular formula is C25H22BrF3N4O3. The van der Waals surface area contributed by atoms with Crippen molar-refractivity contribution >= 4 is 50.2 Å². The van der Waals surface area contributed by atoms with Crippen molar-refractivity contribution in [1.82, 2.24) is 9.97 Å². The van der Waals surface area contributed by atoms with Crippen molar-refractivity contribution in [1.29, 1.82) is 0 Å². The van der Waals surface area contributed by atoms with Crippen molar-refractivity contribution in [3.8, 4) is 0 Å². The number of imidazole rings is 1. The molecule has 2 amide bonds. The van der Waals surface area contributed by atoms with Gasteiger partial charge in [0.1, 0.15) is 17.9 Å². The number of halogens is 4. The van der Waals surface area contributed by atoms with Crippen LogP contribution in [-0.2, 0) is 16.1 Å². The third-order valence-electron chi connectivity index (χ3n) is 5.64. The molecule has 0 unspecified atom stereocenters. The zero-order chi connectivity index (χ0) is 26.0. The van der Waals surface area contributed by atoms with Gasteiger partial charge in [-0.25, -0.2) is 4.98 Å². The maximum atomic E-state index is 13.4. The van der Waals surface area contributed by atoms with Crippen LogP contribution >= 0.6 is 15.9 Å². The first-order valence-electron chi connectivity index (χ1n) is 11.0. The van der Waals surface area contributed by atoms with Crippen LogP contribution in [0.4, 0.5) is 24.5 Å². The maximum Gasteiger partial charge on any atom is 0.416 e. The van der Waals surface area contributed by atoms with Crippen LogP contribution in [0.2, 0.25) is 0 Å². The van der Waals surface area contributed by atoms with Gasteiger partial charge in [-0.3, -0.25) is 9.59 Å². The second kappa shape index (κ2) is 10.3. The number of hydrogen-bond donors (Lipinski definition) is 3. The molecule has 7 nitrogen and oxygen atoms in total. The smallest absolute Gasteiger partial charge is 0.377 e. The highest BCUT2D eigenvalue weighted by molar-refractivity contribution is 9.10. The first-order chi connectivity index (χ1) is 17.1. The molecule has 0 aliphatic heterocycles. The van der Waals surface area contributed by atoms with E-state index in [2.05, 4.69) is 36.5 Å². The standard InChI is InChI=1S/C25H22BrF3N4O3/c1-13-18(26)8-5-9-19(13)32-24(35)16-10-14(11-20-22(16)33-21(31-20)12-36-2)30-23(34)15-6-3-4-7-17(15)25(27,28)29/h5-11H,3-4,12H2,1-2H3,(H,30,34)(H,31,33)(H,32,35). The van der Waals surface area contributed by atoms with Gasteiger partial charge in [0, 0.05) is 28.5 Å². The summed E-state index contributed by atoms with van der Waals surface area (Å²) < 4.78 is 46.2. The molecule has 1 aliphatic carbocycles. The summed E-state index contributed by atoms with van der Waals surface area (Å²) in [6.07, 6.45) is -1.84. The fraction of sp³-hybridized carbons (Fsp3) is 0.240. The number of hydrogen-bond acceptors (Lipinski definition) is 4. The number of nitrogens with zero attached hydrogens (tertiary/aromatic N) is 1. The SMILES string of the molecule is COCc1nc2c(C(=O)Nc3cccc(Br)c3C)cc(NC(=O)C3=CCCC=C3C(F)(F)F)cc2[nH]1. The number of amides is 2. The Kier molecular flexibility index (Phi) is 7.32. The Balaban J connectivity index is 1.71. The van der Waals surface area contributed by atoms with E-state index in [1.165, 1.54) is 25.3 Å². The van der Waals surface area contributed by atoms with Gasteiger partial charge in [0.15, 0.2) is 0 Å². The van der Waals surface area contributed by atoms with E-state index in [4.69, 9.17) is 4.74 Å². The number of ether oxygens (including phenoxy) is 1. The number of aromatic nitrogens is 2. The van der Waals surface area contributed by atoms with Crippen LogP contribution in [0.3, 0.4) is 0 Å². The molecule has 1 heterocycles. The zero-order valence-electron chi connectivity index (χ0n) is 19.3. The van der Waals surface area contributed by atoms with Gasteiger partial charge in [-0.15, -0.1) is 0 Å². The second-order valence-electron chi connectivity index (χ2n) is 8.17. The number of carbonyl (C=O) groups is 2. The molecule has 188 valence electrons. The molecule has 0 fully saturated rings. The molecule has 0 spiro atoms. The minimum absolute atomic E-state index is 0.130. The van der Waals surface area contributed by atoms with E-state index in [9.17, 15) is 22.8 Å². The normalized spacial score (nSPS) is 13.8. The molecule has 11 heteroatoms. The first-order valence-corrected chi connectivity index (χ1v) is 11.7. The summed E-state index contributed by atoms with van der Waals surface area (Å²) in [4.78, 5) is 33.6. The number of fused-ring (bicyclic) bond motifs is 1. The van der Waals surface area contributed by atoms with E-state index in [-0.39, 0.29) is 24.3 Å². The molecule has 0 saturated carbocycles. The van der Waals surface area contributed by atoms with E-state index in [0.29, 0.717) is 29.0 Å². The average molecular weight is 563 g/mol. The van der Waals surface area contributed by atoms with Gasteiger partial charge in [-0.05, 0) is 49.6 Å². The first kappa shape index (κ1) is 25.6. The Morgan fingerprint density at radius 3 is 2.61 bits per heavy atom. The molecule has 0 bridgehead atoms. The minimum atomic E-state index is -4.65. The summed E-state index contributed by atoms with van der Waals surface area (Å²) in [6, 6.07) is 8.26. The van der Waals surface area contributed by atoms with E-state index < -0.39 is 29.1 Å². The fourth-order valence-corrected chi connectivity index (χ4v) is 4.27. The van der Waals surface area contributed by atoms with Crippen molar-refractivity contribution < 1.29 is 27.5 Å². The highest BCUT2D eigenvalue weighted by atomic mass is 79.9. The zero-order valence-corrected chi connectivity index (χ0v) is 20.9. The molecule has 2 aromatic carbocycles. The van der Waals surface area contributed by atoms with Crippen LogP contribution in [0, 0.1) is 6.92 Å². The average Bonchev–Trinajstić information content (AvgIpc) is 3.23. The third kappa shape index (κ3) is 5.36. The lowest BCUT2D eigenvalue weighted by molar-refractivity contribution is -0.115. The largest absolute Gasteiger partial charge is 0.416 e.